The average molecular weight is 241 g/mol. The minimum Gasteiger partial charge on any atom is -0.492 e. The van der Waals surface area contributed by atoms with Gasteiger partial charge in [0.1, 0.15) is 5.75 Å². The largest absolute Gasteiger partial charge is 0.492 e. The second-order valence-electron chi connectivity index (χ2n) is 4.26. The maximum absolute atomic E-state index is 5.39. The summed E-state index contributed by atoms with van der Waals surface area (Å²) in [6.45, 7) is 4.84. The van der Waals surface area contributed by atoms with Crippen LogP contribution in [0.3, 0.4) is 0 Å². The van der Waals surface area contributed by atoms with Crippen LogP contribution in [0.1, 0.15) is 25.8 Å². The minimum atomic E-state index is 0.673. The summed E-state index contributed by atoms with van der Waals surface area (Å²) in [5.41, 5.74) is 3.52. The summed E-state index contributed by atoms with van der Waals surface area (Å²) in [6, 6.07) is 12.6. The molecule has 2 heteroatoms. The van der Waals surface area contributed by atoms with Gasteiger partial charge in [0.2, 0.25) is 0 Å². The van der Waals surface area contributed by atoms with E-state index >= 15 is 0 Å². The van der Waals surface area contributed by atoms with E-state index in [1.807, 2.05) is 19.1 Å². The van der Waals surface area contributed by atoms with E-state index in [-0.39, 0.29) is 0 Å². The van der Waals surface area contributed by atoms with Crippen molar-refractivity contribution in [2.24, 2.45) is 0 Å². The molecule has 0 aliphatic heterocycles. The third kappa shape index (κ3) is 3.10. The number of benzene rings is 1. The van der Waals surface area contributed by atoms with E-state index in [1.54, 1.807) is 6.20 Å². The van der Waals surface area contributed by atoms with Crippen LogP contribution in [0.15, 0.2) is 42.6 Å². The molecule has 0 unspecified atom stereocenters. The van der Waals surface area contributed by atoms with Crippen LogP contribution in [0.25, 0.3) is 11.3 Å². The lowest BCUT2D eigenvalue weighted by Gasteiger charge is -2.05. The van der Waals surface area contributed by atoms with Gasteiger partial charge in [-0.25, -0.2) is 0 Å². The normalized spacial score (nSPS) is 10.3. The molecule has 0 radical (unpaired) electrons. The van der Waals surface area contributed by atoms with Gasteiger partial charge < -0.3 is 4.74 Å². The fraction of sp³-hybridized carbons (Fsp3) is 0.312. The van der Waals surface area contributed by atoms with Crippen molar-refractivity contribution in [3.05, 3.63) is 48.2 Å². The number of aryl methyl sites for hydroxylation is 1. The van der Waals surface area contributed by atoms with Crippen molar-refractivity contribution in [1.29, 1.82) is 0 Å². The molecule has 0 amide bonds. The van der Waals surface area contributed by atoms with Gasteiger partial charge in [0.05, 0.1) is 18.5 Å². The third-order valence-corrected chi connectivity index (χ3v) is 2.84. The molecule has 0 N–H and O–H groups in total. The molecule has 0 bridgehead atoms. The highest BCUT2D eigenvalue weighted by molar-refractivity contribution is 5.59. The van der Waals surface area contributed by atoms with Gasteiger partial charge in [0.25, 0.3) is 0 Å². The maximum atomic E-state index is 5.39. The van der Waals surface area contributed by atoms with Crippen LogP contribution in [0.4, 0.5) is 0 Å². The molecule has 2 rings (SSSR count). The molecule has 0 spiro atoms. The summed E-state index contributed by atoms with van der Waals surface area (Å²) in [7, 11) is 0. The van der Waals surface area contributed by atoms with Crippen LogP contribution in [-0.2, 0) is 6.42 Å². The van der Waals surface area contributed by atoms with Gasteiger partial charge in [-0.15, -0.1) is 0 Å². The van der Waals surface area contributed by atoms with Gasteiger partial charge in [-0.3, -0.25) is 4.98 Å². The van der Waals surface area contributed by atoms with Crippen molar-refractivity contribution in [3.63, 3.8) is 0 Å². The van der Waals surface area contributed by atoms with Crippen molar-refractivity contribution in [2.75, 3.05) is 6.61 Å². The molecule has 2 aromatic rings. The topological polar surface area (TPSA) is 22.1 Å². The Kier molecular flexibility index (Phi) is 4.35. The van der Waals surface area contributed by atoms with Crippen molar-refractivity contribution in [2.45, 2.75) is 26.7 Å². The van der Waals surface area contributed by atoms with Gasteiger partial charge in [0, 0.05) is 5.56 Å². The Labute approximate surface area is 109 Å². The summed E-state index contributed by atoms with van der Waals surface area (Å²) in [4.78, 5) is 4.42. The summed E-state index contributed by atoms with van der Waals surface area (Å²) in [6.07, 6.45) is 4.09. The standard InChI is InChI=1S/C16H19NO/c1-3-5-13-6-8-14(9-7-13)16-11-10-15(12-17-16)18-4-2/h6-12H,3-5H2,1-2H3. The van der Waals surface area contributed by atoms with E-state index in [0.29, 0.717) is 6.61 Å². The first-order valence-electron chi connectivity index (χ1n) is 6.51. The van der Waals surface area contributed by atoms with Crippen LogP contribution in [-0.4, -0.2) is 11.6 Å². The van der Waals surface area contributed by atoms with E-state index in [0.717, 1.165) is 23.4 Å². The molecule has 0 saturated heterocycles. The van der Waals surface area contributed by atoms with Gasteiger partial charge in [-0.1, -0.05) is 37.6 Å². The summed E-state index contributed by atoms with van der Waals surface area (Å²) >= 11 is 0. The van der Waals surface area contributed by atoms with Crippen LogP contribution in [0.5, 0.6) is 5.75 Å². The first-order chi connectivity index (χ1) is 8.83. The molecular formula is C16H19NO. The van der Waals surface area contributed by atoms with Crippen molar-refractivity contribution < 1.29 is 4.74 Å². The first-order valence-corrected chi connectivity index (χ1v) is 6.51. The molecule has 1 heterocycles. The van der Waals surface area contributed by atoms with Gasteiger partial charge in [0.15, 0.2) is 0 Å². The molecule has 18 heavy (non-hydrogen) atoms. The van der Waals surface area contributed by atoms with Gasteiger partial charge >= 0.3 is 0 Å². The zero-order chi connectivity index (χ0) is 12.8. The molecule has 1 aromatic heterocycles. The number of ether oxygens (including phenoxy) is 1. The molecule has 2 nitrogen and oxygen atoms in total. The summed E-state index contributed by atoms with van der Waals surface area (Å²) in [5, 5.41) is 0. The molecule has 0 fully saturated rings. The zero-order valence-corrected chi connectivity index (χ0v) is 11.0. The van der Waals surface area contributed by atoms with E-state index in [9.17, 15) is 0 Å². The lowest BCUT2D eigenvalue weighted by molar-refractivity contribution is 0.339. The van der Waals surface area contributed by atoms with E-state index in [1.165, 1.54) is 12.0 Å². The van der Waals surface area contributed by atoms with E-state index in [2.05, 4.69) is 36.2 Å². The molecule has 1 aromatic carbocycles. The van der Waals surface area contributed by atoms with Crippen LogP contribution in [0, 0.1) is 0 Å². The molecule has 0 aliphatic rings. The molecular weight excluding hydrogens is 222 g/mol. The number of hydrogen-bond donors (Lipinski definition) is 0. The Hall–Kier alpha value is -1.83. The van der Waals surface area contributed by atoms with Crippen molar-refractivity contribution >= 4 is 0 Å². The molecule has 0 saturated carbocycles. The lowest BCUT2D eigenvalue weighted by Crippen LogP contribution is -1.92. The minimum absolute atomic E-state index is 0.673. The summed E-state index contributed by atoms with van der Waals surface area (Å²) < 4.78 is 5.39. The Bertz CT molecular complexity index is 426. The highest BCUT2D eigenvalue weighted by Gasteiger charge is 2.00. The number of hydrogen-bond acceptors (Lipinski definition) is 2. The van der Waals surface area contributed by atoms with Gasteiger partial charge in [-0.05, 0) is 31.0 Å². The maximum Gasteiger partial charge on any atom is 0.137 e. The number of pyridine rings is 1. The number of rotatable bonds is 5. The van der Waals surface area contributed by atoms with Crippen LogP contribution < -0.4 is 4.74 Å². The second kappa shape index (κ2) is 6.20. The highest BCUT2D eigenvalue weighted by atomic mass is 16.5. The Morgan fingerprint density at radius 1 is 1.00 bits per heavy atom. The first kappa shape index (κ1) is 12.6. The Balaban J connectivity index is 2.15. The number of aromatic nitrogens is 1. The van der Waals surface area contributed by atoms with Crippen molar-refractivity contribution in [3.8, 4) is 17.0 Å². The summed E-state index contributed by atoms with van der Waals surface area (Å²) in [5.74, 6) is 0.823. The smallest absolute Gasteiger partial charge is 0.137 e. The SMILES string of the molecule is CCCc1ccc(-c2ccc(OCC)cn2)cc1. The van der Waals surface area contributed by atoms with Gasteiger partial charge in [-0.2, -0.15) is 0 Å². The van der Waals surface area contributed by atoms with Crippen molar-refractivity contribution in [1.82, 2.24) is 4.98 Å². The second-order valence-corrected chi connectivity index (χ2v) is 4.26. The zero-order valence-electron chi connectivity index (χ0n) is 11.0. The molecule has 0 aliphatic carbocycles. The fourth-order valence-electron chi connectivity index (χ4n) is 1.93. The monoisotopic (exact) mass is 241 g/mol. The quantitative estimate of drug-likeness (QED) is 0.786. The fourth-order valence-corrected chi connectivity index (χ4v) is 1.93. The Morgan fingerprint density at radius 3 is 2.33 bits per heavy atom. The molecule has 94 valence electrons. The highest BCUT2D eigenvalue weighted by Crippen LogP contribution is 2.20. The predicted octanol–water partition coefficient (Wildman–Crippen LogP) is 4.10. The average Bonchev–Trinajstić information content (AvgIpc) is 2.41. The third-order valence-electron chi connectivity index (χ3n) is 2.84. The number of nitrogens with zero attached hydrogens (tertiary/aromatic N) is 1. The molecule has 0 atom stereocenters. The predicted molar refractivity (Wildman–Crippen MR) is 74.8 cm³/mol. The van der Waals surface area contributed by atoms with E-state index in [4.69, 9.17) is 4.74 Å². The van der Waals surface area contributed by atoms with E-state index < -0.39 is 0 Å². The van der Waals surface area contributed by atoms with Crippen LogP contribution in [0.2, 0.25) is 0 Å². The van der Waals surface area contributed by atoms with Crippen LogP contribution >= 0.6 is 0 Å². The Morgan fingerprint density at radius 2 is 1.78 bits per heavy atom. The lowest BCUT2D eigenvalue weighted by atomic mass is 10.1.